The first-order valence-electron chi connectivity index (χ1n) is 5.06. The van der Waals surface area contributed by atoms with Crippen LogP contribution in [0.5, 0.6) is 0 Å². The standard InChI is InChI=1S/C10H18N2/c1-2-5-10(4-1)12-8-3-6-11-7-9-12/h1-2,10-11H,3-9H2. The smallest absolute Gasteiger partial charge is 0.0165 e. The number of hydrogen-bond acceptors (Lipinski definition) is 2. The summed E-state index contributed by atoms with van der Waals surface area (Å²) in [6.07, 6.45) is 8.52. The van der Waals surface area contributed by atoms with Gasteiger partial charge in [0.25, 0.3) is 0 Å². The predicted molar refractivity (Wildman–Crippen MR) is 51.2 cm³/mol. The second-order valence-electron chi connectivity index (χ2n) is 3.74. The molecule has 0 radical (unpaired) electrons. The summed E-state index contributed by atoms with van der Waals surface area (Å²) < 4.78 is 0. The van der Waals surface area contributed by atoms with E-state index in [1.54, 1.807) is 0 Å². The van der Waals surface area contributed by atoms with Gasteiger partial charge in [-0.15, -0.1) is 0 Å². The van der Waals surface area contributed by atoms with Crippen LogP contribution in [0.4, 0.5) is 0 Å². The number of hydrogen-bond donors (Lipinski definition) is 1. The van der Waals surface area contributed by atoms with Crippen LogP contribution in [0.2, 0.25) is 0 Å². The largest absolute Gasteiger partial charge is 0.315 e. The van der Waals surface area contributed by atoms with E-state index >= 15 is 0 Å². The van der Waals surface area contributed by atoms with E-state index in [1.165, 1.54) is 45.4 Å². The average Bonchev–Trinajstić information content (AvgIpc) is 2.48. The van der Waals surface area contributed by atoms with Crippen molar-refractivity contribution in [3.8, 4) is 0 Å². The summed E-state index contributed by atoms with van der Waals surface area (Å²) in [6.45, 7) is 4.92. The summed E-state index contributed by atoms with van der Waals surface area (Å²) in [4.78, 5) is 2.64. The van der Waals surface area contributed by atoms with Gasteiger partial charge in [-0.2, -0.15) is 0 Å². The van der Waals surface area contributed by atoms with Crippen LogP contribution in [0.1, 0.15) is 19.3 Å². The van der Waals surface area contributed by atoms with Crippen LogP contribution in [0.25, 0.3) is 0 Å². The Hall–Kier alpha value is -0.340. The Morgan fingerprint density at radius 1 is 1.08 bits per heavy atom. The first-order chi connectivity index (χ1) is 5.97. The van der Waals surface area contributed by atoms with Crippen LogP contribution in [0.15, 0.2) is 12.2 Å². The molecule has 0 unspecified atom stereocenters. The minimum atomic E-state index is 0.824. The van der Waals surface area contributed by atoms with Crippen LogP contribution in [0.3, 0.4) is 0 Å². The zero-order chi connectivity index (χ0) is 8.23. The molecule has 0 aromatic rings. The lowest BCUT2D eigenvalue weighted by Gasteiger charge is -2.26. The van der Waals surface area contributed by atoms with E-state index in [9.17, 15) is 0 Å². The van der Waals surface area contributed by atoms with Gasteiger partial charge in [-0.05, 0) is 32.4 Å². The molecule has 1 heterocycles. The Balaban J connectivity index is 1.84. The maximum Gasteiger partial charge on any atom is 0.0165 e. The van der Waals surface area contributed by atoms with Gasteiger partial charge in [0, 0.05) is 19.1 Å². The third-order valence-corrected chi connectivity index (χ3v) is 2.87. The third kappa shape index (κ3) is 1.87. The van der Waals surface area contributed by atoms with Crippen molar-refractivity contribution in [3.63, 3.8) is 0 Å². The fourth-order valence-corrected chi connectivity index (χ4v) is 2.13. The molecule has 1 fully saturated rings. The van der Waals surface area contributed by atoms with Gasteiger partial charge in [0.05, 0.1) is 0 Å². The quantitative estimate of drug-likeness (QED) is 0.585. The molecule has 0 saturated carbocycles. The van der Waals surface area contributed by atoms with Gasteiger partial charge >= 0.3 is 0 Å². The van der Waals surface area contributed by atoms with Gasteiger partial charge in [-0.1, -0.05) is 12.2 Å². The molecule has 0 aromatic heterocycles. The zero-order valence-corrected chi connectivity index (χ0v) is 7.63. The highest BCUT2D eigenvalue weighted by atomic mass is 15.2. The van der Waals surface area contributed by atoms with Crippen molar-refractivity contribution in [2.24, 2.45) is 0 Å². The molecule has 2 aliphatic rings. The molecule has 0 amide bonds. The number of nitrogens with zero attached hydrogens (tertiary/aromatic N) is 1. The zero-order valence-electron chi connectivity index (χ0n) is 7.63. The van der Waals surface area contributed by atoms with Gasteiger partial charge in [0.1, 0.15) is 0 Å². The van der Waals surface area contributed by atoms with Crippen LogP contribution < -0.4 is 5.32 Å². The Bertz CT molecular complexity index is 149. The molecule has 2 nitrogen and oxygen atoms in total. The second-order valence-corrected chi connectivity index (χ2v) is 3.74. The predicted octanol–water partition coefficient (Wildman–Crippen LogP) is 1.00. The van der Waals surface area contributed by atoms with Crippen molar-refractivity contribution in [3.05, 3.63) is 12.2 Å². The monoisotopic (exact) mass is 166 g/mol. The number of rotatable bonds is 1. The van der Waals surface area contributed by atoms with Gasteiger partial charge < -0.3 is 5.32 Å². The highest BCUT2D eigenvalue weighted by Gasteiger charge is 2.19. The Kier molecular flexibility index (Phi) is 2.79. The van der Waals surface area contributed by atoms with Crippen molar-refractivity contribution in [1.29, 1.82) is 0 Å². The van der Waals surface area contributed by atoms with Crippen LogP contribution in [0, 0.1) is 0 Å². The van der Waals surface area contributed by atoms with E-state index in [1.807, 2.05) is 0 Å². The van der Waals surface area contributed by atoms with Crippen molar-refractivity contribution >= 4 is 0 Å². The Labute approximate surface area is 74.6 Å². The van der Waals surface area contributed by atoms with Crippen LogP contribution in [-0.4, -0.2) is 37.1 Å². The van der Waals surface area contributed by atoms with E-state index in [2.05, 4.69) is 22.4 Å². The molecule has 2 heteroatoms. The molecule has 1 aliphatic carbocycles. The minimum Gasteiger partial charge on any atom is -0.315 e. The summed E-state index contributed by atoms with van der Waals surface area (Å²) in [5.74, 6) is 0. The Morgan fingerprint density at radius 2 is 1.92 bits per heavy atom. The van der Waals surface area contributed by atoms with Gasteiger partial charge in [0.15, 0.2) is 0 Å². The van der Waals surface area contributed by atoms with E-state index in [-0.39, 0.29) is 0 Å². The average molecular weight is 166 g/mol. The maximum absolute atomic E-state index is 3.44. The molecule has 1 aliphatic heterocycles. The molecule has 12 heavy (non-hydrogen) atoms. The summed E-state index contributed by atoms with van der Waals surface area (Å²) in [6, 6.07) is 0.824. The van der Waals surface area contributed by atoms with Gasteiger partial charge in [-0.25, -0.2) is 0 Å². The molecule has 0 bridgehead atoms. The van der Waals surface area contributed by atoms with E-state index in [0.717, 1.165) is 6.04 Å². The highest BCUT2D eigenvalue weighted by molar-refractivity contribution is 4.98. The first kappa shape index (κ1) is 8.27. The van der Waals surface area contributed by atoms with Crippen molar-refractivity contribution in [2.75, 3.05) is 26.2 Å². The molecule has 0 aromatic carbocycles. The molecule has 1 N–H and O–H groups in total. The SMILES string of the molecule is C1=CCC(N2CCCNCC2)C1. The van der Waals surface area contributed by atoms with Crippen molar-refractivity contribution < 1.29 is 0 Å². The van der Waals surface area contributed by atoms with Crippen molar-refractivity contribution in [1.82, 2.24) is 10.2 Å². The summed E-state index contributed by atoms with van der Waals surface area (Å²) >= 11 is 0. The highest BCUT2D eigenvalue weighted by Crippen LogP contribution is 2.17. The normalized spacial score (nSPS) is 27.7. The van der Waals surface area contributed by atoms with E-state index < -0.39 is 0 Å². The molecule has 0 atom stereocenters. The molecule has 0 spiro atoms. The summed E-state index contributed by atoms with van der Waals surface area (Å²) in [5.41, 5.74) is 0. The topological polar surface area (TPSA) is 15.3 Å². The van der Waals surface area contributed by atoms with Gasteiger partial charge in [-0.3, -0.25) is 4.90 Å². The fraction of sp³-hybridized carbons (Fsp3) is 0.800. The lowest BCUT2D eigenvalue weighted by molar-refractivity contribution is 0.217. The lowest BCUT2D eigenvalue weighted by atomic mass is 10.2. The van der Waals surface area contributed by atoms with Crippen LogP contribution >= 0.6 is 0 Å². The second kappa shape index (κ2) is 4.06. The van der Waals surface area contributed by atoms with E-state index in [0.29, 0.717) is 0 Å². The third-order valence-electron chi connectivity index (χ3n) is 2.87. The molecule has 1 saturated heterocycles. The molecule has 2 rings (SSSR count). The number of nitrogens with one attached hydrogen (secondary N) is 1. The minimum absolute atomic E-state index is 0.824. The van der Waals surface area contributed by atoms with E-state index in [4.69, 9.17) is 0 Å². The fourth-order valence-electron chi connectivity index (χ4n) is 2.13. The summed E-state index contributed by atoms with van der Waals surface area (Å²) in [5, 5.41) is 3.44. The Morgan fingerprint density at radius 3 is 2.75 bits per heavy atom. The summed E-state index contributed by atoms with van der Waals surface area (Å²) in [7, 11) is 0. The maximum atomic E-state index is 3.44. The molecule has 68 valence electrons. The lowest BCUT2D eigenvalue weighted by Crippen LogP contribution is -2.36. The van der Waals surface area contributed by atoms with Crippen molar-refractivity contribution in [2.45, 2.75) is 25.3 Å². The van der Waals surface area contributed by atoms with Crippen LogP contribution in [-0.2, 0) is 0 Å². The molecular formula is C10H18N2. The van der Waals surface area contributed by atoms with Gasteiger partial charge in [0.2, 0.25) is 0 Å². The molecular weight excluding hydrogens is 148 g/mol. The first-order valence-corrected chi connectivity index (χ1v) is 5.06.